The number of aromatic nitrogens is 2. The summed E-state index contributed by atoms with van der Waals surface area (Å²) < 4.78 is 7.19. The molecular formula is C21H27N5O3. The van der Waals surface area contributed by atoms with E-state index in [-0.39, 0.29) is 18.4 Å². The second kappa shape index (κ2) is 8.65. The quantitative estimate of drug-likeness (QED) is 0.819. The number of hydrogen-bond donors (Lipinski definition) is 1. The van der Waals surface area contributed by atoms with E-state index < -0.39 is 5.91 Å². The third kappa shape index (κ3) is 4.42. The van der Waals surface area contributed by atoms with E-state index in [2.05, 4.69) is 9.88 Å². The third-order valence-corrected chi connectivity index (χ3v) is 5.64. The summed E-state index contributed by atoms with van der Waals surface area (Å²) in [6.07, 6.45) is 5.30. The van der Waals surface area contributed by atoms with Crippen molar-refractivity contribution in [2.24, 2.45) is 5.73 Å². The number of morpholine rings is 1. The van der Waals surface area contributed by atoms with E-state index in [1.54, 1.807) is 17.0 Å². The lowest BCUT2D eigenvalue weighted by atomic mass is 9.96. The SMILES string of the molecule is NC(=O)Cn1ccnc1[C@@H]1CCCN(C(=O)c2ccc(N3CCOCC3)cc2)C1. The van der Waals surface area contributed by atoms with E-state index in [9.17, 15) is 9.59 Å². The van der Waals surface area contributed by atoms with Crippen LogP contribution in [-0.2, 0) is 16.1 Å². The molecule has 2 N–H and O–H groups in total. The molecule has 1 aromatic carbocycles. The highest BCUT2D eigenvalue weighted by atomic mass is 16.5. The van der Waals surface area contributed by atoms with Crippen molar-refractivity contribution in [1.82, 2.24) is 14.5 Å². The van der Waals surface area contributed by atoms with Crippen LogP contribution >= 0.6 is 0 Å². The van der Waals surface area contributed by atoms with Crippen LogP contribution < -0.4 is 10.6 Å². The molecular weight excluding hydrogens is 370 g/mol. The fraction of sp³-hybridized carbons (Fsp3) is 0.476. The van der Waals surface area contributed by atoms with E-state index in [1.807, 2.05) is 29.2 Å². The van der Waals surface area contributed by atoms with Crippen molar-refractivity contribution in [1.29, 1.82) is 0 Å². The van der Waals surface area contributed by atoms with Gasteiger partial charge in [0.25, 0.3) is 5.91 Å². The third-order valence-electron chi connectivity index (χ3n) is 5.64. The molecule has 8 nitrogen and oxygen atoms in total. The number of piperidine rings is 1. The van der Waals surface area contributed by atoms with Crippen molar-refractivity contribution < 1.29 is 14.3 Å². The number of rotatable bonds is 5. The monoisotopic (exact) mass is 397 g/mol. The lowest BCUT2D eigenvalue weighted by Crippen LogP contribution is -2.40. The maximum absolute atomic E-state index is 13.1. The summed E-state index contributed by atoms with van der Waals surface area (Å²) in [6.45, 7) is 4.67. The van der Waals surface area contributed by atoms with Crippen LogP contribution in [0.3, 0.4) is 0 Å². The van der Waals surface area contributed by atoms with Crippen LogP contribution in [-0.4, -0.2) is 65.7 Å². The van der Waals surface area contributed by atoms with Gasteiger partial charge in [-0.2, -0.15) is 0 Å². The molecule has 2 saturated heterocycles. The van der Waals surface area contributed by atoms with Crippen LogP contribution in [0.25, 0.3) is 0 Å². The Kier molecular flexibility index (Phi) is 5.80. The zero-order valence-corrected chi connectivity index (χ0v) is 16.5. The van der Waals surface area contributed by atoms with Gasteiger partial charge in [-0.25, -0.2) is 4.98 Å². The Hall–Kier alpha value is -2.87. The number of primary amides is 1. The van der Waals surface area contributed by atoms with Gasteiger partial charge in [0, 0.05) is 55.7 Å². The standard InChI is InChI=1S/C21H27N5O3/c22-19(27)15-25-9-7-23-20(25)17-2-1-8-26(14-17)21(28)16-3-5-18(6-4-16)24-10-12-29-13-11-24/h3-7,9,17H,1-2,8,10-15H2,(H2,22,27)/t17-/m1/s1. The average Bonchev–Trinajstić information content (AvgIpc) is 3.21. The van der Waals surface area contributed by atoms with Gasteiger partial charge in [-0.15, -0.1) is 0 Å². The first kappa shape index (κ1) is 19.4. The number of carbonyl (C=O) groups excluding carboxylic acids is 2. The summed E-state index contributed by atoms with van der Waals surface area (Å²) in [5, 5.41) is 0. The molecule has 0 spiro atoms. The molecule has 0 saturated carbocycles. The molecule has 0 unspecified atom stereocenters. The molecule has 3 heterocycles. The van der Waals surface area contributed by atoms with Gasteiger partial charge in [0.1, 0.15) is 12.4 Å². The van der Waals surface area contributed by atoms with Crippen molar-refractivity contribution in [3.8, 4) is 0 Å². The summed E-state index contributed by atoms with van der Waals surface area (Å²) >= 11 is 0. The molecule has 29 heavy (non-hydrogen) atoms. The smallest absolute Gasteiger partial charge is 0.253 e. The fourth-order valence-corrected chi connectivity index (χ4v) is 4.17. The number of nitrogens with two attached hydrogens (primary N) is 1. The summed E-state index contributed by atoms with van der Waals surface area (Å²) in [4.78, 5) is 32.9. The van der Waals surface area contributed by atoms with Crippen LogP contribution in [0.5, 0.6) is 0 Å². The largest absolute Gasteiger partial charge is 0.378 e. The molecule has 8 heteroatoms. The predicted molar refractivity (Wildman–Crippen MR) is 109 cm³/mol. The molecule has 2 fully saturated rings. The Morgan fingerprint density at radius 3 is 2.62 bits per heavy atom. The molecule has 1 aromatic heterocycles. The number of anilines is 1. The highest BCUT2D eigenvalue weighted by Crippen LogP contribution is 2.27. The topological polar surface area (TPSA) is 93.7 Å². The number of ether oxygens (including phenoxy) is 1. The van der Waals surface area contributed by atoms with Crippen molar-refractivity contribution in [2.45, 2.75) is 25.3 Å². The van der Waals surface area contributed by atoms with Gasteiger partial charge in [-0.3, -0.25) is 9.59 Å². The first-order chi connectivity index (χ1) is 14.1. The van der Waals surface area contributed by atoms with Crippen molar-refractivity contribution in [3.63, 3.8) is 0 Å². The van der Waals surface area contributed by atoms with Gasteiger partial charge in [-0.1, -0.05) is 0 Å². The highest BCUT2D eigenvalue weighted by molar-refractivity contribution is 5.94. The maximum Gasteiger partial charge on any atom is 0.253 e. The number of benzene rings is 1. The second-order valence-electron chi connectivity index (χ2n) is 7.62. The number of nitrogens with zero attached hydrogens (tertiary/aromatic N) is 4. The van der Waals surface area contributed by atoms with Gasteiger partial charge >= 0.3 is 0 Å². The molecule has 2 amide bonds. The Balaban J connectivity index is 1.43. The second-order valence-corrected chi connectivity index (χ2v) is 7.62. The molecule has 2 aromatic rings. The first-order valence-electron chi connectivity index (χ1n) is 10.1. The van der Waals surface area contributed by atoms with Crippen molar-refractivity contribution >= 4 is 17.5 Å². The maximum atomic E-state index is 13.1. The normalized spacial score (nSPS) is 19.9. The minimum absolute atomic E-state index is 0.0382. The summed E-state index contributed by atoms with van der Waals surface area (Å²) in [5.74, 6) is 0.572. The van der Waals surface area contributed by atoms with Gasteiger partial charge in [0.2, 0.25) is 5.91 Å². The van der Waals surface area contributed by atoms with Crippen molar-refractivity contribution in [3.05, 3.63) is 48.0 Å². The molecule has 0 bridgehead atoms. The van der Waals surface area contributed by atoms with Crippen LogP contribution in [0.1, 0.15) is 34.9 Å². The minimum Gasteiger partial charge on any atom is -0.378 e. The van der Waals surface area contributed by atoms with Gasteiger partial charge in [0.15, 0.2) is 0 Å². The number of imidazole rings is 1. The van der Waals surface area contributed by atoms with E-state index in [4.69, 9.17) is 10.5 Å². The van der Waals surface area contributed by atoms with Crippen molar-refractivity contribution in [2.75, 3.05) is 44.3 Å². The molecule has 4 rings (SSSR count). The molecule has 0 radical (unpaired) electrons. The number of amides is 2. The Labute approximate surface area is 170 Å². The Bertz CT molecular complexity index is 857. The lowest BCUT2D eigenvalue weighted by molar-refractivity contribution is -0.118. The Morgan fingerprint density at radius 1 is 1.14 bits per heavy atom. The molecule has 2 aliphatic rings. The van der Waals surface area contributed by atoms with E-state index in [0.717, 1.165) is 57.2 Å². The fourth-order valence-electron chi connectivity index (χ4n) is 4.17. The van der Waals surface area contributed by atoms with Gasteiger partial charge in [0.05, 0.1) is 13.2 Å². The molecule has 0 aliphatic carbocycles. The lowest BCUT2D eigenvalue weighted by Gasteiger charge is -2.33. The van der Waals surface area contributed by atoms with Gasteiger partial charge < -0.3 is 24.8 Å². The van der Waals surface area contributed by atoms with Crippen LogP contribution in [0.4, 0.5) is 5.69 Å². The zero-order chi connectivity index (χ0) is 20.2. The highest BCUT2D eigenvalue weighted by Gasteiger charge is 2.28. The van der Waals surface area contributed by atoms with E-state index in [1.165, 1.54) is 0 Å². The summed E-state index contributed by atoms with van der Waals surface area (Å²) in [5.41, 5.74) is 7.15. The zero-order valence-electron chi connectivity index (χ0n) is 16.5. The van der Waals surface area contributed by atoms with Gasteiger partial charge in [-0.05, 0) is 37.1 Å². The first-order valence-corrected chi connectivity index (χ1v) is 10.1. The number of hydrogen-bond acceptors (Lipinski definition) is 5. The Morgan fingerprint density at radius 2 is 1.90 bits per heavy atom. The van der Waals surface area contributed by atoms with E-state index >= 15 is 0 Å². The molecule has 2 aliphatic heterocycles. The number of likely N-dealkylation sites (tertiary alicyclic amines) is 1. The summed E-state index contributed by atoms with van der Waals surface area (Å²) in [6, 6.07) is 7.84. The van der Waals surface area contributed by atoms with Crippen LogP contribution in [0.15, 0.2) is 36.7 Å². The average molecular weight is 397 g/mol. The number of carbonyl (C=O) groups is 2. The predicted octanol–water partition coefficient (Wildman–Crippen LogP) is 1.22. The minimum atomic E-state index is -0.395. The molecule has 154 valence electrons. The van der Waals surface area contributed by atoms with E-state index in [0.29, 0.717) is 12.1 Å². The summed E-state index contributed by atoms with van der Waals surface area (Å²) in [7, 11) is 0. The molecule has 1 atom stereocenters. The van der Waals surface area contributed by atoms with Crippen LogP contribution in [0, 0.1) is 0 Å². The van der Waals surface area contributed by atoms with Crippen LogP contribution in [0.2, 0.25) is 0 Å².